The molecule has 1 aromatic carbocycles. The summed E-state index contributed by atoms with van der Waals surface area (Å²) in [6.45, 7) is 0. The third-order valence-corrected chi connectivity index (χ3v) is 4.82. The topological polar surface area (TPSA) is 49.3 Å². The number of benzene rings is 1. The normalized spacial score (nSPS) is 24.3. The summed E-state index contributed by atoms with van der Waals surface area (Å²) < 4.78 is 0. The second kappa shape index (κ2) is 4.94. The highest BCUT2D eigenvalue weighted by atomic mass is 32.2. The number of thioether (sulfide) groups is 1. The Kier molecular flexibility index (Phi) is 3.31. The van der Waals surface area contributed by atoms with Gasteiger partial charge in [0.15, 0.2) is 0 Å². The Morgan fingerprint density at radius 1 is 1.33 bits per heavy atom. The highest BCUT2D eigenvalue weighted by Gasteiger charge is 2.38. The van der Waals surface area contributed by atoms with Crippen molar-refractivity contribution in [1.29, 1.82) is 0 Å². The molecule has 1 aromatic rings. The van der Waals surface area contributed by atoms with Crippen molar-refractivity contribution in [2.45, 2.75) is 36.2 Å². The van der Waals surface area contributed by atoms with Gasteiger partial charge < -0.3 is 5.11 Å². The zero-order chi connectivity index (χ0) is 12.5. The van der Waals surface area contributed by atoms with Gasteiger partial charge in [0, 0.05) is 10.9 Å². The highest BCUT2D eigenvalue weighted by molar-refractivity contribution is 7.99. The first-order valence-electron chi connectivity index (χ1n) is 6.46. The predicted octanol–water partition coefficient (Wildman–Crippen LogP) is 2.68. The number of fused-ring (bicyclic) bond motifs is 1. The summed E-state index contributed by atoms with van der Waals surface area (Å²) in [7, 11) is 0. The van der Waals surface area contributed by atoms with E-state index in [1.807, 2.05) is 23.9 Å². The third kappa shape index (κ3) is 2.40. The minimum Gasteiger partial charge on any atom is -0.480 e. The first-order chi connectivity index (χ1) is 8.75. The lowest BCUT2D eigenvalue weighted by Crippen LogP contribution is -2.41. The van der Waals surface area contributed by atoms with Gasteiger partial charge >= 0.3 is 5.97 Å². The lowest BCUT2D eigenvalue weighted by atomic mass is 10.0. The first-order valence-corrected chi connectivity index (χ1v) is 7.45. The van der Waals surface area contributed by atoms with Crippen molar-refractivity contribution in [3.8, 4) is 0 Å². The number of hydrogen-bond acceptors (Lipinski definition) is 3. The van der Waals surface area contributed by atoms with E-state index in [0.717, 1.165) is 25.0 Å². The molecular weight excluding hydrogens is 246 g/mol. The van der Waals surface area contributed by atoms with Crippen molar-refractivity contribution < 1.29 is 9.90 Å². The van der Waals surface area contributed by atoms with Crippen molar-refractivity contribution in [1.82, 2.24) is 5.32 Å². The molecule has 0 radical (unpaired) electrons. The summed E-state index contributed by atoms with van der Waals surface area (Å²) in [6.07, 6.45) is 3.11. The summed E-state index contributed by atoms with van der Waals surface area (Å²) in [6, 6.07) is 8.15. The van der Waals surface area contributed by atoms with Crippen LogP contribution in [0, 0.1) is 5.92 Å². The quantitative estimate of drug-likeness (QED) is 0.877. The first kappa shape index (κ1) is 12.1. The molecule has 3 nitrogen and oxygen atoms in total. The molecule has 0 spiro atoms. The molecule has 2 aliphatic rings. The molecule has 0 aromatic heterocycles. The molecule has 0 saturated heterocycles. The molecule has 2 unspecified atom stereocenters. The van der Waals surface area contributed by atoms with Crippen LogP contribution in [0.5, 0.6) is 0 Å². The van der Waals surface area contributed by atoms with E-state index in [0.29, 0.717) is 5.92 Å². The van der Waals surface area contributed by atoms with Crippen LogP contribution in [0.25, 0.3) is 0 Å². The lowest BCUT2D eigenvalue weighted by Gasteiger charge is -2.28. The number of nitrogens with one attached hydrogen (secondary N) is 1. The molecule has 96 valence electrons. The number of aliphatic carboxylic acids is 1. The molecule has 1 saturated carbocycles. The average molecular weight is 263 g/mol. The van der Waals surface area contributed by atoms with Gasteiger partial charge in [0.05, 0.1) is 0 Å². The molecule has 0 amide bonds. The molecule has 18 heavy (non-hydrogen) atoms. The van der Waals surface area contributed by atoms with Gasteiger partial charge in [0.25, 0.3) is 0 Å². The average Bonchev–Trinajstić information content (AvgIpc) is 3.20. The SMILES string of the molecule is O=C(O)C(NC1CCSc2ccccc21)C1CC1. The molecule has 1 aliphatic heterocycles. The highest BCUT2D eigenvalue weighted by Crippen LogP contribution is 2.39. The summed E-state index contributed by atoms with van der Waals surface area (Å²) >= 11 is 1.86. The van der Waals surface area contributed by atoms with Crippen LogP contribution in [0.4, 0.5) is 0 Å². The number of carboxylic acids is 1. The van der Waals surface area contributed by atoms with Gasteiger partial charge in [-0.1, -0.05) is 18.2 Å². The maximum atomic E-state index is 11.3. The van der Waals surface area contributed by atoms with E-state index >= 15 is 0 Å². The molecule has 3 rings (SSSR count). The minimum absolute atomic E-state index is 0.198. The molecular formula is C14H17NO2S. The van der Waals surface area contributed by atoms with Gasteiger partial charge in [-0.05, 0) is 42.6 Å². The fourth-order valence-electron chi connectivity index (χ4n) is 2.57. The van der Waals surface area contributed by atoms with E-state index in [4.69, 9.17) is 0 Å². The number of hydrogen-bond donors (Lipinski definition) is 2. The predicted molar refractivity (Wildman–Crippen MR) is 71.8 cm³/mol. The Balaban J connectivity index is 1.79. The fraction of sp³-hybridized carbons (Fsp3) is 0.500. The standard InChI is InChI=1S/C14H17NO2S/c16-14(17)13(9-5-6-9)15-11-7-8-18-12-4-2-1-3-10(11)12/h1-4,9,11,13,15H,5-8H2,(H,16,17). The van der Waals surface area contributed by atoms with Gasteiger partial charge in [-0.25, -0.2) is 0 Å². The zero-order valence-electron chi connectivity index (χ0n) is 10.1. The van der Waals surface area contributed by atoms with Gasteiger partial charge in [0.1, 0.15) is 6.04 Å². The van der Waals surface area contributed by atoms with E-state index in [-0.39, 0.29) is 12.1 Å². The van der Waals surface area contributed by atoms with Gasteiger partial charge in [0.2, 0.25) is 0 Å². The van der Waals surface area contributed by atoms with Gasteiger partial charge in [-0.3, -0.25) is 10.1 Å². The van der Waals surface area contributed by atoms with E-state index in [2.05, 4.69) is 17.4 Å². The van der Waals surface area contributed by atoms with Crippen molar-refractivity contribution >= 4 is 17.7 Å². The monoisotopic (exact) mass is 263 g/mol. The van der Waals surface area contributed by atoms with Crippen LogP contribution in [0.1, 0.15) is 30.9 Å². The maximum Gasteiger partial charge on any atom is 0.320 e. The van der Waals surface area contributed by atoms with Gasteiger partial charge in [-0.2, -0.15) is 0 Å². The van der Waals surface area contributed by atoms with Crippen molar-refractivity contribution in [2.75, 3.05) is 5.75 Å². The summed E-state index contributed by atoms with van der Waals surface area (Å²) in [5.41, 5.74) is 1.26. The maximum absolute atomic E-state index is 11.3. The number of carbonyl (C=O) groups is 1. The Morgan fingerprint density at radius 2 is 2.11 bits per heavy atom. The van der Waals surface area contributed by atoms with Crippen LogP contribution in [-0.4, -0.2) is 22.9 Å². The Labute approximate surface area is 111 Å². The Bertz CT molecular complexity index is 459. The van der Waals surface area contributed by atoms with Gasteiger partial charge in [-0.15, -0.1) is 11.8 Å². The van der Waals surface area contributed by atoms with Crippen molar-refractivity contribution in [2.24, 2.45) is 5.92 Å². The van der Waals surface area contributed by atoms with Crippen LogP contribution in [0.15, 0.2) is 29.2 Å². The van der Waals surface area contributed by atoms with Crippen LogP contribution >= 0.6 is 11.8 Å². The number of carboxylic acid groups (broad SMARTS) is 1. The second-order valence-electron chi connectivity index (χ2n) is 5.05. The summed E-state index contributed by atoms with van der Waals surface area (Å²) in [4.78, 5) is 12.6. The van der Waals surface area contributed by atoms with Crippen LogP contribution < -0.4 is 5.32 Å². The molecule has 1 heterocycles. The van der Waals surface area contributed by atoms with Crippen molar-refractivity contribution in [3.05, 3.63) is 29.8 Å². The molecule has 1 fully saturated rings. The van der Waals surface area contributed by atoms with E-state index in [1.54, 1.807) is 0 Å². The van der Waals surface area contributed by atoms with Crippen LogP contribution in [0.2, 0.25) is 0 Å². The molecule has 2 N–H and O–H groups in total. The van der Waals surface area contributed by atoms with E-state index in [9.17, 15) is 9.90 Å². The minimum atomic E-state index is -0.701. The lowest BCUT2D eigenvalue weighted by molar-refractivity contribution is -0.140. The summed E-state index contributed by atoms with van der Waals surface area (Å²) in [5.74, 6) is 0.698. The number of rotatable bonds is 4. The largest absolute Gasteiger partial charge is 0.480 e. The smallest absolute Gasteiger partial charge is 0.320 e. The van der Waals surface area contributed by atoms with Crippen molar-refractivity contribution in [3.63, 3.8) is 0 Å². The third-order valence-electron chi connectivity index (χ3n) is 3.70. The van der Waals surface area contributed by atoms with Crippen LogP contribution in [0.3, 0.4) is 0 Å². The molecule has 1 aliphatic carbocycles. The second-order valence-corrected chi connectivity index (χ2v) is 6.18. The molecule has 4 heteroatoms. The van der Waals surface area contributed by atoms with E-state index in [1.165, 1.54) is 10.5 Å². The van der Waals surface area contributed by atoms with E-state index < -0.39 is 5.97 Å². The zero-order valence-corrected chi connectivity index (χ0v) is 11.0. The fourth-order valence-corrected chi connectivity index (χ4v) is 3.70. The Hall–Kier alpha value is -1.00. The molecule has 2 atom stereocenters. The Morgan fingerprint density at radius 3 is 2.83 bits per heavy atom. The summed E-state index contributed by atoms with van der Waals surface area (Å²) in [5, 5.41) is 12.7. The molecule has 0 bridgehead atoms. The van der Waals surface area contributed by atoms with Crippen LogP contribution in [-0.2, 0) is 4.79 Å².